The number of rotatable bonds is 7. The maximum absolute atomic E-state index is 12.1. The van der Waals surface area contributed by atoms with E-state index in [1.165, 1.54) is 13.2 Å². The van der Waals surface area contributed by atoms with Crippen LogP contribution in [0.5, 0.6) is 5.75 Å². The Kier molecular flexibility index (Phi) is 5.87. The van der Waals surface area contributed by atoms with E-state index in [1.54, 1.807) is 30.3 Å². The number of carbonyl (C=O) groups is 2. The molecule has 0 spiro atoms. The minimum atomic E-state index is -0.672. The van der Waals surface area contributed by atoms with Crippen molar-refractivity contribution in [3.63, 3.8) is 0 Å². The number of para-hydroxylation sites is 2. The molecule has 0 atom stereocenters. The highest BCUT2D eigenvalue weighted by molar-refractivity contribution is 9.10. The van der Waals surface area contributed by atoms with Gasteiger partial charge < -0.3 is 23.7 Å². The van der Waals surface area contributed by atoms with Crippen molar-refractivity contribution in [2.75, 3.05) is 12.4 Å². The average Bonchev–Trinajstić information content (AvgIpc) is 3.29. The van der Waals surface area contributed by atoms with Crippen LogP contribution in [-0.2, 0) is 22.6 Å². The number of aromatic nitrogens is 2. The molecule has 0 unspecified atom stereocenters. The molecule has 0 aliphatic carbocycles. The van der Waals surface area contributed by atoms with Gasteiger partial charge in [-0.05, 0) is 40.2 Å². The summed E-state index contributed by atoms with van der Waals surface area (Å²) in [4.78, 5) is 27.9. The molecule has 0 radical (unpaired) electrons. The number of esters is 1. The summed E-state index contributed by atoms with van der Waals surface area (Å²) in [5, 5.41) is 6.40. The lowest BCUT2D eigenvalue weighted by molar-refractivity contribution is -0.115. The van der Waals surface area contributed by atoms with Gasteiger partial charge in [-0.15, -0.1) is 0 Å². The number of halogens is 1. The van der Waals surface area contributed by atoms with Crippen molar-refractivity contribution < 1.29 is 28.0 Å². The Hall–Kier alpha value is -3.14. The fourth-order valence-corrected chi connectivity index (χ4v) is 2.44. The third kappa shape index (κ3) is 4.94. The number of methoxy groups -OCH3 is 1. The molecule has 27 heavy (non-hydrogen) atoms. The molecule has 9 nitrogen and oxygen atoms in total. The lowest BCUT2D eigenvalue weighted by atomic mass is 10.2. The summed E-state index contributed by atoms with van der Waals surface area (Å²) in [5.41, 5.74) is 0.534. The molecule has 3 aromatic rings. The van der Waals surface area contributed by atoms with Gasteiger partial charge in [0, 0.05) is 0 Å². The summed E-state index contributed by atoms with van der Waals surface area (Å²) < 4.78 is 20.6. The molecule has 0 bridgehead atoms. The first kappa shape index (κ1) is 18.6. The molecular formula is C17H14BrN3O6. The topological polar surface area (TPSA) is 117 Å². The Labute approximate surface area is 161 Å². The quantitative estimate of drug-likeness (QED) is 0.562. The molecule has 140 valence electrons. The minimum Gasteiger partial charge on any atom is -0.495 e. The molecule has 0 aliphatic heterocycles. The Morgan fingerprint density at radius 1 is 1.22 bits per heavy atom. The van der Waals surface area contributed by atoms with Crippen LogP contribution in [0.3, 0.4) is 0 Å². The number of benzene rings is 1. The van der Waals surface area contributed by atoms with E-state index in [9.17, 15) is 9.59 Å². The number of furan rings is 1. The summed E-state index contributed by atoms with van der Waals surface area (Å²) in [5.74, 6) is -0.212. The SMILES string of the molecule is COc1ccccc1NC(=O)Cc1noc(COC(=O)c2ccc(Br)o2)n1. The smallest absolute Gasteiger partial charge is 0.374 e. The van der Waals surface area contributed by atoms with E-state index < -0.39 is 5.97 Å². The normalized spacial score (nSPS) is 10.4. The van der Waals surface area contributed by atoms with Crippen LogP contribution >= 0.6 is 15.9 Å². The predicted octanol–water partition coefficient (Wildman–Crippen LogP) is 2.97. The van der Waals surface area contributed by atoms with Gasteiger partial charge in [0.2, 0.25) is 11.7 Å². The number of carbonyl (C=O) groups excluding carboxylic acids is 2. The number of nitrogens with zero attached hydrogens (tertiary/aromatic N) is 2. The Bertz CT molecular complexity index is 952. The minimum absolute atomic E-state index is 0.0396. The number of ether oxygens (including phenoxy) is 2. The van der Waals surface area contributed by atoms with Crippen LogP contribution in [0.25, 0.3) is 0 Å². The molecule has 2 aromatic heterocycles. The van der Waals surface area contributed by atoms with Crippen molar-refractivity contribution >= 4 is 33.5 Å². The van der Waals surface area contributed by atoms with Gasteiger partial charge in [-0.25, -0.2) is 4.79 Å². The van der Waals surface area contributed by atoms with Crippen LogP contribution in [0.4, 0.5) is 5.69 Å². The van der Waals surface area contributed by atoms with Gasteiger partial charge in [-0.1, -0.05) is 17.3 Å². The lowest BCUT2D eigenvalue weighted by Gasteiger charge is -2.08. The van der Waals surface area contributed by atoms with E-state index in [2.05, 4.69) is 31.4 Å². The van der Waals surface area contributed by atoms with Gasteiger partial charge in [0.15, 0.2) is 17.1 Å². The van der Waals surface area contributed by atoms with E-state index in [-0.39, 0.29) is 36.4 Å². The maximum atomic E-state index is 12.1. The summed E-state index contributed by atoms with van der Waals surface area (Å²) in [6, 6.07) is 10.0. The lowest BCUT2D eigenvalue weighted by Crippen LogP contribution is -2.15. The Morgan fingerprint density at radius 2 is 2.04 bits per heavy atom. The largest absolute Gasteiger partial charge is 0.495 e. The first-order chi connectivity index (χ1) is 13.0. The number of hydrogen-bond acceptors (Lipinski definition) is 8. The van der Waals surface area contributed by atoms with E-state index in [0.29, 0.717) is 16.1 Å². The first-order valence-electron chi connectivity index (χ1n) is 7.72. The second-order valence-corrected chi connectivity index (χ2v) is 5.99. The van der Waals surface area contributed by atoms with Gasteiger partial charge in [0.05, 0.1) is 19.2 Å². The summed E-state index contributed by atoms with van der Waals surface area (Å²) in [7, 11) is 1.51. The molecule has 0 saturated carbocycles. The Morgan fingerprint density at radius 3 is 2.78 bits per heavy atom. The van der Waals surface area contributed by atoms with Crippen molar-refractivity contribution in [2.24, 2.45) is 0 Å². The van der Waals surface area contributed by atoms with Crippen LogP contribution in [0.15, 0.2) is 50.0 Å². The third-order valence-corrected chi connectivity index (χ3v) is 3.74. The van der Waals surface area contributed by atoms with Crippen LogP contribution in [-0.4, -0.2) is 29.1 Å². The van der Waals surface area contributed by atoms with Gasteiger partial charge in [-0.2, -0.15) is 4.98 Å². The molecule has 1 amide bonds. The highest BCUT2D eigenvalue weighted by atomic mass is 79.9. The molecule has 0 aliphatic rings. The van der Waals surface area contributed by atoms with Crippen molar-refractivity contribution in [1.82, 2.24) is 10.1 Å². The van der Waals surface area contributed by atoms with Crippen LogP contribution in [0.2, 0.25) is 0 Å². The van der Waals surface area contributed by atoms with Gasteiger partial charge in [0.25, 0.3) is 5.89 Å². The summed E-state index contributed by atoms with van der Waals surface area (Å²) >= 11 is 3.09. The summed E-state index contributed by atoms with van der Waals surface area (Å²) in [6.07, 6.45) is -0.110. The van der Waals surface area contributed by atoms with Crippen molar-refractivity contribution in [1.29, 1.82) is 0 Å². The number of amides is 1. The van der Waals surface area contributed by atoms with Gasteiger partial charge in [-0.3, -0.25) is 4.79 Å². The zero-order valence-corrected chi connectivity index (χ0v) is 15.7. The van der Waals surface area contributed by atoms with Gasteiger partial charge >= 0.3 is 5.97 Å². The van der Waals surface area contributed by atoms with E-state index in [4.69, 9.17) is 18.4 Å². The highest BCUT2D eigenvalue weighted by Gasteiger charge is 2.16. The first-order valence-corrected chi connectivity index (χ1v) is 8.51. The van der Waals surface area contributed by atoms with Crippen LogP contribution in [0.1, 0.15) is 22.3 Å². The zero-order valence-electron chi connectivity index (χ0n) is 14.1. The van der Waals surface area contributed by atoms with Gasteiger partial charge in [0.1, 0.15) is 5.75 Å². The van der Waals surface area contributed by atoms with Crippen LogP contribution in [0, 0.1) is 0 Å². The molecule has 0 fully saturated rings. The third-order valence-electron chi connectivity index (χ3n) is 3.31. The number of nitrogens with one attached hydrogen (secondary N) is 1. The second-order valence-electron chi connectivity index (χ2n) is 5.21. The van der Waals surface area contributed by atoms with E-state index in [1.807, 2.05) is 0 Å². The molecule has 3 rings (SSSR count). The Balaban J connectivity index is 1.53. The predicted molar refractivity (Wildman–Crippen MR) is 95.2 cm³/mol. The molecular weight excluding hydrogens is 422 g/mol. The van der Waals surface area contributed by atoms with Crippen LogP contribution < -0.4 is 10.1 Å². The van der Waals surface area contributed by atoms with E-state index >= 15 is 0 Å². The summed E-state index contributed by atoms with van der Waals surface area (Å²) in [6.45, 7) is -0.238. The maximum Gasteiger partial charge on any atom is 0.374 e. The fourth-order valence-electron chi connectivity index (χ4n) is 2.13. The number of anilines is 1. The molecule has 1 aromatic carbocycles. The van der Waals surface area contributed by atoms with Crippen molar-refractivity contribution in [2.45, 2.75) is 13.0 Å². The fraction of sp³-hybridized carbons (Fsp3) is 0.176. The monoisotopic (exact) mass is 435 g/mol. The standard InChI is InChI=1S/C17H14BrN3O6/c1-24-11-5-3-2-4-10(11)19-15(22)8-14-20-16(27-21-14)9-25-17(23)12-6-7-13(18)26-12/h2-7H,8-9H2,1H3,(H,19,22). The number of hydrogen-bond donors (Lipinski definition) is 1. The van der Waals surface area contributed by atoms with Crippen molar-refractivity contribution in [3.8, 4) is 5.75 Å². The second kappa shape index (κ2) is 8.49. The molecule has 0 saturated heterocycles. The van der Waals surface area contributed by atoms with Crippen molar-refractivity contribution in [3.05, 3.63) is 58.5 Å². The highest BCUT2D eigenvalue weighted by Crippen LogP contribution is 2.23. The molecule has 10 heteroatoms. The zero-order chi connectivity index (χ0) is 19.2. The average molecular weight is 436 g/mol. The molecule has 1 N–H and O–H groups in total. The molecule has 2 heterocycles. The van der Waals surface area contributed by atoms with E-state index in [0.717, 1.165) is 0 Å².